The van der Waals surface area contributed by atoms with Crippen LogP contribution in [0.4, 0.5) is 0 Å². The summed E-state index contributed by atoms with van der Waals surface area (Å²) < 4.78 is 6.31. The lowest BCUT2D eigenvalue weighted by molar-refractivity contribution is 0.156. The third kappa shape index (κ3) is 3.91. The van der Waals surface area contributed by atoms with Crippen LogP contribution in [0.25, 0.3) is 10.9 Å². The van der Waals surface area contributed by atoms with Crippen LogP contribution >= 0.6 is 12.2 Å². The highest BCUT2D eigenvalue weighted by Crippen LogP contribution is 2.28. The number of thiocarbonyl (C=S) groups is 1. The maximum absolute atomic E-state index is 6.31. The molecule has 0 bridgehead atoms. The van der Waals surface area contributed by atoms with Crippen molar-refractivity contribution in [3.05, 3.63) is 71.9 Å². The molecule has 3 nitrogen and oxygen atoms in total. The summed E-state index contributed by atoms with van der Waals surface area (Å²) in [6, 6.07) is 19.2. The number of hydrogen-bond acceptors (Lipinski definition) is 2. The molecule has 0 spiro atoms. The van der Waals surface area contributed by atoms with Gasteiger partial charge in [-0.1, -0.05) is 42.5 Å². The summed E-state index contributed by atoms with van der Waals surface area (Å²) in [5, 5.41) is 1.87. The number of rotatable bonds is 5. The predicted molar refractivity (Wildman–Crippen MR) is 110 cm³/mol. The predicted octanol–water partition coefficient (Wildman–Crippen LogP) is 5.24. The molecule has 1 aromatic heterocycles. The van der Waals surface area contributed by atoms with Gasteiger partial charge >= 0.3 is 0 Å². The van der Waals surface area contributed by atoms with E-state index in [2.05, 4.69) is 64.5 Å². The van der Waals surface area contributed by atoms with Crippen LogP contribution < -0.4 is 0 Å². The SMILES string of the molecule is S=C(OC(CCc1ccccc1)c1ccc2cc[nH]c2c1)N1CCCC1. The third-order valence-electron chi connectivity index (χ3n) is 5.10. The lowest BCUT2D eigenvalue weighted by Gasteiger charge is -2.25. The van der Waals surface area contributed by atoms with Crippen LogP contribution in [0, 0.1) is 0 Å². The number of hydrogen-bond donors (Lipinski definition) is 1. The van der Waals surface area contributed by atoms with Gasteiger partial charge in [0.25, 0.3) is 5.17 Å². The maximum Gasteiger partial charge on any atom is 0.259 e. The first-order valence-corrected chi connectivity index (χ1v) is 9.77. The van der Waals surface area contributed by atoms with Crippen LogP contribution in [-0.4, -0.2) is 28.1 Å². The third-order valence-corrected chi connectivity index (χ3v) is 5.45. The first-order valence-electron chi connectivity index (χ1n) is 9.36. The van der Waals surface area contributed by atoms with Crippen LogP contribution in [0.1, 0.15) is 36.5 Å². The first-order chi connectivity index (χ1) is 12.8. The van der Waals surface area contributed by atoms with Gasteiger partial charge in [-0.05, 0) is 66.5 Å². The van der Waals surface area contributed by atoms with Crippen LogP contribution in [0.5, 0.6) is 0 Å². The Morgan fingerprint density at radius 2 is 1.88 bits per heavy atom. The van der Waals surface area contributed by atoms with Gasteiger partial charge in [0.05, 0.1) is 0 Å². The standard InChI is InChI=1S/C22H24N2OS/c26-22(24-14-4-5-15-24)25-21(11-8-17-6-2-1-3-7-17)19-10-9-18-12-13-23-20(18)16-19/h1-3,6-7,9-10,12-13,16,21,23H,4-5,8,11,14-15H2. The summed E-state index contributed by atoms with van der Waals surface area (Å²) in [5.41, 5.74) is 3.65. The van der Waals surface area contributed by atoms with Crippen molar-refractivity contribution in [3.63, 3.8) is 0 Å². The van der Waals surface area contributed by atoms with Crippen molar-refractivity contribution >= 4 is 28.3 Å². The molecule has 1 N–H and O–H groups in total. The van der Waals surface area contributed by atoms with Crippen molar-refractivity contribution in [2.24, 2.45) is 0 Å². The van der Waals surface area contributed by atoms with Crippen LogP contribution in [0.2, 0.25) is 0 Å². The van der Waals surface area contributed by atoms with E-state index < -0.39 is 0 Å². The normalized spacial score (nSPS) is 15.3. The molecule has 26 heavy (non-hydrogen) atoms. The molecule has 4 heteroatoms. The van der Waals surface area contributed by atoms with Gasteiger partial charge in [-0.15, -0.1) is 0 Å². The van der Waals surface area contributed by atoms with E-state index in [9.17, 15) is 0 Å². The number of aromatic amines is 1. The van der Waals surface area contributed by atoms with Crippen LogP contribution in [0.3, 0.4) is 0 Å². The van der Waals surface area contributed by atoms with Gasteiger partial charge in [0.15, 0.2) is 0 Å². The summed E-state index contributed by atoms with van der Waals surface area (Å²) in [4.78, 5) is 5.49. The summed E-state index contributed by atoms with van der Waals surface area (Å²) in [6.07, 6.45) is 6.22. The van der Waals surface area contributed by atoms with E-state index in [-0.39, 0.29) is 6.10 Å². The van der Waals surface area contributed by atoms with Gasteiger partial charge < -0.3 is 14.6 Å². The lowest BCUT2D eigenvalue weighted by Crippen LogP contribution is -2.29. The molecule has 1 unspecified atom stereocenters. The second kappa shape index (κ2) is 7.92. The number of H-pyrrole nitrogens is 1. The fraction of sp³-hybridized carbons (Fsp3) is 0.318. The summed E-state index contributed by atoms with van der Waals surface area (Å²) in [6.45, 7) is 2.03. The fourth-order valence-corrected chi connectivity index (χ4v) is 3.90. The zero-order chi connectivity index (χ0) is 17.8. The number of ether oxygens (including phenoxy) is 1. The summed E-state index contributed by atoms with van der Waals surface area (Å²) in [7, 11) is 0. The van der Waals surface area contributed by atoms with Crippen molar-refractivity contribution in [1.29, 1.82) is 0 Å². The Kier molecular flexibility index (Phi) is 5.21. The monoisotopic (exact) mass is 364 g/mol. The Balaban J connectivity index is 1.54. The smallest absolute Gasteiger partial charge is 0.259 e. The maximum atomic E-state index is 6.31. The Morgan fingerprint density at radius 3 is 2.69 bits per heavy atom. The van der Waals surface area contributed by atoms with Crippen molar-refractivity contribution in [1.82, 2.24) is 9.88 Å². The molecule has 1 atom stereocenters. The van der Waals surface area contributed by atoms with E-state index in [1.165, 1.54) is 29.4 Å². The molecule has 1 aliphatic rings. The number of likely N-dealkylation sites (tertiary alicyclic amines) is 1. The highest BCUT2D eigenvalue weighted by Gasteiger charge is 2.21. The Labute approximate surface area is 160 Å². The highest BCUT2D eigenvalue weighted by atomic mass is 32.1. The van der Waals surface area contributed by atoms with Crippen molar-refractivity contribution < 1.29 is 4.74 Å². The molecule has 0 radical (unpaired) electrons. The number of aromatic nitrogens is 1. The molecule has 1 fully saturated rings. The molecule has 4 rings (SSSR count). The minimum absolute atomic E-state index is 0.0315. The lowest BCUT2D eigenvalue weighted by atomic mass is 10.0. The van der Waals surface area contributed by atoms with Gasteiger partial charge in [0, 0.05) is 24.8 Å². The van der Waals surface area contributed by atoms with E-state index >= 15 is 0 Å². The average molecular weight is 365 g/mol. The van der Waals surface area contributed by atoms with Gasteiger partial charge in [-0.3, -0.25) is 0 Å². The fourth-order valence-electron chi connectivity index (χ4n) is 3.60. The molecule has 1 saturated heterocycles. The van der Waals surface area contributed by atoms with E-state index in [4.69, 9.17) is 17.0 Å². The number of nitrogens with one attached hydrogen (secondary N) is 1. The topological polar surface area (TPSA) is 28.3 Å². The Bertz CT molecular complexity index is 868. The number of nitrogens with zero attached hydrogens (tertiary/aromatic N) is 1. The largest absolute Gasteiger partial charge is 0.463 e. The number of aryl methyl sites for hydroxylation is 1. The van der Waals surface area contributed by atoms with E-state index in [1.807, 2.05) is 6.20 Å². The molecule has 134 valence electrons. The molecule has 0 aliphatic carbocycles. The van der Waals surface area contributed by atoms with E-state index in [1.54, 1.807) is 0 Å². The second-order valence-corrected chi connectivity index (χ2v) is 7.26. The number of fused-ring (bicyclic) bond motifs is 1. The molecule has 0 saturated carbocycles. The second-order valence-electron chi connectivity index (χ2n) is 6.92. The zero-order valence-electron chi connectivity index (χ0n) is 14.9. The van der Waals surface area contributed by atoms with Crippen molar-refractivity contribution in [2.75, 3.05) is 13.1 Å². The zero-order valence-corrected chi connectivity index (χ0v) is 15.7. The average Bonchev–Trinajstić information content (AvgIpc) is 3.36. The first kappa shape index (κ1) is 17.1. The minimum atomic E-state index is -0.0315. The molecule has 0 amide bonds. The van der Waals surface area contributed by atoms with Gasteiger partial charge in [0.2, 0.25) is 0 Å². The summed E-state index contributed by atoms with van der Waals surface area (Å²) in [5.74, 6) is 0. The van der Waals surface area contributed by atoms with E-state index in [0.717, 1.165) is 31.4 Å². The minimum Gasteiger partial charge on any atom is -0.463 e. The number of benzene rings is 2. The highest BCUT2D eigenvalue weighted by molar-refractivity contribution is 7.80. The Hall–Kier alpha value is -2.33. The molecule has 3 aromatic rings. The molecule has 1 aliphatic heterocycles. The quantitative estimate of drug-likeness (QED) is 0.628. The van der Waals surface area contributed by atoms with Crippen molar-refractivity contribution in [2.45, 2.75) is 31.8 Å². The van der Waals surface area contributed by atoms with Crippen molar-refractivity contribution in [3.8, 4) is 0 Å². The van der Waals surface area contributed by atoms with Crippen LogP contribution in [0.15, 0.2) is 60.8 Å². The Morgan fingerprint density at radius 1 is 1.08 bits per heavy atom. The molecular weight excluding hydrogens is 340 g/mol. The van der Waals surface area contributed by atoms with Crippen LogP contribution in [-0.2, 0) is 11.2 Å². The van der Waals surface area contributed by atoms with Gasteiger partial charge in [-0.2, -0.15) is 0 Å². The summed E-state index contributed by atoms with van der Waals surface area (Å²) >= 11 is 5.60. The van der Waals surface area contributed by atoms with Gasteiger partial charge in [0.1, 0.15) is 6.10 Å². The molecule has 2 aromatic carbocycles. The van der Waals surface area contributed by atoms with Gasteiger partial charge in [-0.25, -0.2) is 0 Å². The van der Waals surface area contributed by atoms with E-state index in [0.29, 0.717) is 5.17 Å². The molecular formula is C22H24N2OS. The molecule has 2 heterocycles.